The van der Waals surface area contributed by atoms with Crippen molar-refractivity contribution in [2.75, 3.05) is 0 Å². The molecule has 1 aromatic heterocycles. The first-order chi connectivity index (χ1) is 19.8. The van der Waals surface area contributed by atoms with Gasteiger partial charge in [-0.15, -0.1) is 0 Å². The van der Waals surface area contributed by atoms with Crippen LogP contribution in [-0.2, 0) is 20.8 Å². The number of nitrogens with zero attached hydrogens (tertiary/aromatic N) is 1. The number of pyridine rings is 1. The van der Waals surface area contributed by atoms with Gasteiger partial charge in [0.1, 0.15) is 17.8 Å². The number of halogens is 4. The maximum atomic E-state index is 14.6. The van der Waals surface area contributed by atoms with Gasteiger partial charge in [-0.1, -0.05) is 19.1 Å². The summed E-state index contributed by atoms with van der Waals surface area (Å²) in [5, 5.41) is 31.0. The summed E-state index contributed by atoms with van der Waals surface area (Å²) in [4.78, 5) is 55.4. The summed E-state index contributed by atoms with van der Waals surface area (Å²) >= 11 is 0. The standard InChI is InChI=1S/C27H29F4N5O6/c1-10-21(38)15(9-14-17(28)18(29)23(31)36-22(14)30)33-26(41)19(34-25(40)13-5-3-4-6-16(13)37)11(2)32-27(42)20(12-7-8-12)35-24(10)39/h3-6,10-12,15,19-21,37-38H,7-9H2,1-2H3,(H,32,42)(H,33,41)(H,34,40)(H,35,39). The minimum absolute atomic E-state index is 0.208. The zero-order valence-corrected chi connectivity index (χ0v) is 22.5. The van der Waals surface area contributed by atoms with Crippen molar-refractivity contribution >= 4 is 23.6 Å². The second-order valence-corrected chi connectivity index (χ2v) is 10.5. The Labute approximate surface area is 237 Å². The molecule has 6 unspecified atom stereocenters. The molecule has 6 atom stereocenters. The molecular weight excluding hydrogens is 566 g/mol. The number of rotatable bonds is 5. The van der Waals surface area contributed by atoms with Crippen LogP contribution in [0.3, 0.4) is 0 Å². The van der Waals surface area contributed by atoms with Crippen LogP contribution in [-0.4, -0.2) is 69.1 Å². The van der Waals surface area contributed by atoms with Gasteiger partial charge in [0.25, 0.3) is 11.9 Å². The van der Waals surface area contributed by atoms with Gasteiger partial charge in [-0.25, -0.2) is 4.39 Å². The van der Waals surface area contributed by atoms with Crippen LogP contribution in [0.2, 0.25) is 0 Å². The van der Waals surface area contributed by atoms with E-state index in [1.54, 1.807) is 0 Å². The molecule has 0 bridgehead atoms. The van der Waals surface area contributed by atoms with Crippen LogP contribution in [0.15, 0.2) is 24.3 Å². The third-order valence-corrected chi connectivity index (χ3v) is 7.44. The highest BCUT2D eigenvalue weighted by atomic mass is 19.2. The first-order valence-corrected chi connectivity index (χ1v) is 13.2. The molecule has 4 rings (SSSR count). The number of phenols is 1. The van der Waals surface area contributed by atoms with Gasteiger partial charge in [0.05, 0.1) is 29.7 Å². The van der Waals surface area contributed by atoms with Crippen molar-refractivity contribution in [1.82, 2.24) is 26.3 Å². The van der Waals surface area contributed by atoms with E-state index in [0.717, 1.165) is 0 Å². The van der Waals surface area contributed by atoms with Crippen LogP contribution in [0.5, 0.6) is 5.75 Å². The van der Waals surface area contributed by atoms with E-state index in [4.69, 9.17) is 0 Å². The van der Waals surface area contributed by atoms with Crippen molar-refractivity contribution in [1.29, 1.82) is 0 Å². The van der Waals surface area contributed by atoms with Crippen molar-refractivity contribution < 1.29 is 47.0 Å². The van der Waals surface area contributed by atoms with Crippen molar-refractivity contribution in [2.45, 2.75) is 63.4 Å². The maximum Gasteiger partial charge on any atom is 0.255 e. The second kappa shape index (κ2) is 12.3. The first kappa shape index (κ1) is 30.7. The van der Waals surface area contributed by atoms with E-state index in [-0.39, 0.29) is 11.5 Å². The van der Waals surface area contributed by atoms with Crippen LogP contribution >= 0.6 is 0 Å². The molecule has 6 N–H and O–H groups in total. The molecule has 1 aliphatic carbocycles. The van der Waals surface area contributed by atoms with E-state index in [1.165, 1.54) is 38.1 Å². The molecule has 2 fully saturated rings. The molecule has 42 heavy (non-hydrogen) atoms. The normalized spacial score (nSPS) is 27.2. The van der Waals surface area contributed by atoms with Crippen LogP contribution in [0.1, 0.15) is 42.6 Å². The van der Waals surface area contributed by atoms with Gasteiger partial charge in [-0.05, 0) is 37.8 Å². The van der Waals surface area contributed by atoms with Crippen LogP contribution < -0.4 is 21.3 Å². The Kier molecular flexibility index (Phi) is 8.99. The number of hydrogen-bond donors (Lipinski definition) is 6. The molecule has 1 aromatic carbocycles. The van der Waals surface area contributed by atoms with Gasteiger partial charge in [-0.3, -0.25) is 19.2 Å². The molecule has 226 valence electrons. The van der Waals surface area contributed by atoms with Gasteiger partial charge in [0.2, 0.25) is 29.5 Å². The first-order valence-electron chi connectivity index (χ1n) is 13.2. The lowest BCUT2D eigenvalue weighted by molar-refractivity contribution is -0.136. The smallest absolute Gasteiger partial charge is 0.255 e. The number of nitrogens with one attached hydrogen (secondary N) is 4. The molecule has 11 nitrogen and oxygen atoms in total. The summed E-state index contributed by atoms with van der Waals surface area (Å²) in [6, 6.07) is -0.0566. The Morgan fingerprint density at radius 1 is 0.952 bits per heavy atom. The third-order valence-electron chi connectivity index (χ3n) is 7.44. The number of benzene rings is 1. The van der Waals surface area contributed by atoms with E-state index in [9.17, 15) is 47.0 Å². The Morgan fingerprint density at radius 2 is 1.62 bits per heavy atom. The third kappa shape index (κ3) is 6.45. The van der Waals surface area contributed by atoms with Crippen molar-refractivity contribution in [3.63, 3.8) is 0 Å². The predicted octanol–water partition coefficient (Wildman–Crippen LogP) is 0.580. The number of aromatic hydroxyl groups is 1. The summed E-state index contributed by atoms with van der Waals surface area (Å²) in [5.41, 5.74) is -1.31. The molecule has 0 spiro atoms. The number of aromatic nitrogens is 1. The van der Waals surface area contributed by atoms with E-state index < -0.39 is 101 Å². The molecular formula is C27H29F4N5O6. The van der Waals surface area contributed by atoms with Crippen LogP contribution in [0.25, 0.3) is 0 Å². The van der Waals surface area contributed by atoms with Crippen molar-refractivity contribution in [3.8, 4) is 5.75 Å². The molecule has 2 aromatic rings. The SMILES string of the molecule is CC1NC(=O)C(C2CC2)NC(=O)C(C)C(O)C(Cc2c(F)nc(F)c(F)c2F)NC(=O)C1NC(=O)c1ccccc1O. The number of aliphatic hydroxyl groups is 1. The average Bonchev–Trinajstić information content (AvgIpc) is 3.78. The van der Waals surface area contributed by atoms with Gasteiger partial charge in [0, 0.05) is 12.0 Å². The van der Waals surface area contributed by atoms with E-state index in [2.05, 4.69) is 26.3 Å². The van der Waals surface area contributed by atoms with Gasteiger partial charge < -0.3 is 31.5 Å². The predicted molar refractivity (Wildman–Crippen MR) is 136 cm³/mol. The lowest BCUT2D eigenvalue weighted by Crippen LogP contribution is -2.64. The summed E-state index contributed by atoms with van der Waals surface area (Å²) in [6.07, 6.45) is -1.61. The van der Waals surface area contributed by atoms with Crippen LogP contribution in [0, 0.1) is 35.4 Å². The summed E-state index contributed by atoms with van der Waals surface area (Å²) in [7, 11) is 0. The lowest BCUT2D eigenvalue weighted by atomic mass is 9.91. The summed E-state index contributed by atoms with van der Waals surface area (Å²) in [6.45, 7) is 2.61. The number of amides is 4. The van der Waals surface area contributed by atoms with E-state index >= 15 is 0 Å². The highest BCUT2D eigenvalue weighted by Gasteiger charge is 2.43. The Hall–Kier alpha value is -4.27. The minimum Gasteiger partial charge on any atom is -0.507 e. The average molecular weight is 596 g/mol. The number of hydrogen-bond acceptors (Lipinski definition) is 7. The number of para-hydroxylation sites is 1. The molecule has 1 saturated carbocycles. The van der Waals surface area contributed by atoms with E-state index in [0.29, 0.717) is 12.8 Å². The molecule has 2 heterocycles. The molecule has 0 radical (unpaired) electrons. The maximum absolute atomic E-state index is 14.6. The number of carbonyl (C=O) groups is 4. The molecule has 2 aliphatic rings. The fraction of sp³-hybridized carbons (Fsp3) is 0.444. The number of aliphatic hydroxyl groups excluding tert-OH is 1. The lowest BCUT2D eigenvalue weighted by Gasteiger charge is -2.34. The quantitative estimate of drug-likeness (QED) is 0.217. The Morgan fingerprint density at radius 3 is 2.26 bits per heavy atom. The summed E-state index contributed by atoms with van der Waals surface area (Å²) in [5.74, 6) is -13.3. The topological polar surface area (TPSA) is 170 Å². The fourth-order valence-electron chi connectivity index (χ4n) is 4.75. The van der Waals surface area contributed by atoms with Crippen LogP contribution in [0.4, 0.5) is 17.6 Å². The Balaban J connectivity index is 1.73. The molecule has 1 aliphatic heterocycles. The molecule has 4 amide bonds. The van der Waals surface area contributed by atoms with Crippen molar-refractivity contribution in [2.24, 2.45) is 11.8 Å². The van der Waals surface area contributed by atoms with Crippen molar-refractivity contribution in [3.05, 3.63) is 58.9 Å². The Bertz CT molecular complexity index is 1410. The monoisotopic (exact) mass is 595 g/mol. The van der Waals surface area contributed by atoms with Gasteiger partial charge >= 0.3 is 0 Å². The molecule has 15 heteroatoms. The second-order valence-electron chi connectivity index (χ2n) is 10.5. The zero-order valence-electron chi connectivity index (χ0n) is 22.5. The highest BCUT2D eigenvalue weighted by Crippen LogP contribution is 2.33. The minimum atomic E-state index is -2.08. The number of carbonyl (C=O) groups excluding carboxylic acids is 4. The largest absolute Gasteiger partial charge is 0.507 e. The van der Waals surface area contributed by atoms with E-state index in [1.807, 2.05) is 0 Å². The highest BCUT2D eigenvalue weighted by molar-refractivity contribution is 6.00. The fourth-order valence-corrected chi connectivity index (χ4v) is 4.75. The van der Waals surface area contributed by atoms with Gasteiger partial charge in [0.15, 0.2) is 5.82 Å². The van der Waals surface area contributed by atoms with Gasteiger partial charge in [-0.2, -0.15) is 18.2 Å². The number of phenolic OH excluding ortho intramolecular Hbond substituents is 1. The summed E-state index contributed by atoms with van der Waals surface area (Å²) < 4.78 is 56.4. The molecule has 1 saturated heterocycles. The zero-order chi connectivity index (χ0) is 30.9.